The van der Waals surface area contributed by atoms with Crippen molar-refractivity contribution in [2.75, 3.05) is 13.2 Å². The molecular formula is C11H18N2O2. The first kappa shape index (κ1) is 11.9. The lowest BCUT2D eigenvalue weighted by atomic mass is 10.3. The molecule has 0 aliphatic carbocycles. The summed E-state index contributed by atoms with van der Waals surface area (Å²) >= 11 is 0. The Morgan fingerprint density at radius 1 is 1.53 bits per heavy atom. The number of imidazole rings is 1. The predicted molar refractivity (Wildman–Crippen MR) is 58.0 cm³/mol. The Hall–Kier alpha value is -1.16. The van der Waals surface area contributed by atoms with Crippen LogP contribution in [-0.2, 0) is 11.3 Å². The smallest absolute Gasteiger partial charge is 0.200 e. The van der Waals surface area contributed by atoms with E-state index in [9.17, 15) is 4.79 Å². The van der Waals surface area contributed by atoms with Crippen molar-refractivity contribution < 1.29 is 9.53 Å². The number of nitrogens with zero attached hydrogens (tertiary/aromatic N) is 2. The molecule has 0 aliphatic heterocycles. The van der Waals surface area contributed by atoms with Crippen molar-refractivity contribution in [3.05, 3.63) is 18.2 Å². The largest absolute Gasteiger partial charge is 0.381 e. The van der Waals surface area contributed by atoms with Crippen molar-refractivity contribution in [1.82, 2.24) is 9.55 Å². The summed E-state index contributed by atoms with van der Waals surface area (Å²) in [4.78, 5) is 15.8. The fraction of sp³-hybridized carbons (Fsp3) is 0.636. The molecule has 0 saturated heterocycles. The van der Waals surface area contributed by atoms with Crippen LogP contribution in [0.2, 0.25) is 0 Å². The van der Waals surface area contributed by atoms with E-state index in [-0.39, 0.29) is 5.78 Å². The molecule has 0 bridgehead atoms. The third kappa shape index (κ3) is 3.47. The maximum absolute atomic E-state index is 11.7. The number of ether oxygens (including phenoxy) is 1. The number of aryl methyl sites for hydroxylation is 1. The van der Waals surface area contributed by atoms with Crippen molar-refractivity contribution in [2.45, 2.75) is 33.2 Å². The number of ketones is 1. The molecule has 0 spiro atoms. The average molecular weight is 210 g/mol. The van der Waals surface area contributed by atoms with Gasteiger partial charge in [-0.3, -0.25) is 4.79 Å². The minimum atomic E-state index is 0.0573. The van der Waals surface area contributed by atoms with E-state index in [1.54, 1.807) is 6.20 Å². The van der Waals surface area contributed by atoms with Crippen LogP contribution in [0.15, 0.2) is 12.4 Å². The van der Waals surface area contributed by atoms with Gasteiger partial charge >= 0.3 is 0 Å². The number of aromatic nitrogens is 2. The summed E-state index contributed by atoms with van der Waals surface area (Å²) in [7, 11) is 0. The predicted octanol–water partition coefficient (Wildman–Crippen LogP) is 1.90. The molecule has 84 valence electrons. The summed E-state index contributed by atoms with van der Waals surface area (Å²) in [6.45, 7) is 5.97. The summed E-state index contributed by atoms with van der Waals surface area (Å²) in [6, 6.07) is 0. The van der Waals surface area contributed by atoms with Gasteiger partial charge in [0.15, 0.2) is 5.82 Å². The Bertz CT molecular complexity index is 307. The van der Waals surface area contributed by atoms with Crippen molar-refractivity contribution in [1.29, 1.82) is 0 Å². The zero-order valence-corrected chi connectivity index (χ0v) is 9.40. The molecule has 0 amide bonds. The standard InChI is InChI=1S/C11H18N2O2/c1-3-7-13-8-6-12-11(13)10(14)5-9-15-4-2/h6,8H,3-5,7,9H2,1-2H3. The second-order valence-electron chi connectivity index (χ2n) is 3.31. The Labute approximate surface area is 90.3 Å². The molecule has 15 heavy (non-hydrogen) atoms. The SMILES string of the molecule is CCCn1ccnc1C(=O)CCOCC. The Kier molecular flexibility index (Phi) is 5.04. The lowest BCUT2D eigenvalue weighted by Gasteiger charge is -2.05. The van der Waals surface area contributed by atoms with Crippen molar-refractivity contribution in [2.24, 2.45) is 0 Å². The summed E-state index contributed by atoms with van der Waals surface area (Å²) in [5, 5.41) is 0. The maximum atomic E-state index is 11.7. The molecule has 0 fully saturated rings. The van der Waals surface area contributed by atoms with Gasteiger partial charge < -0.3 is 9.30 Å². The molecule has 4 heteroatoms. The second-order valence-corrected chi connectivity index (χ2v) is 3.31. The molecule has 0 aromatic carbocycles. The highest BCUT2D eigenvalue weighted by atomic mass is 16.5. The van der Waals surface area contributed by atoms with Gasteiger partial charge in [0.1, 0.15) is 0 Å². The number of Topliss-reactive ketones (excluding diaryl/α,β-unsaturated/α-hetero) is 1. The molecule has 0 N–H and O–H groups in total. The van der Waals surface area contributed by atoms with Gasteiger partial charge in [0.05, 0.1) is 6.61 Å². The van der Waals surface area contributed by atoms with Gasteiger partial charge in [-0.05, 0) is 13.3 Å². The molecule has 0 radical (unpaired) electrons. The number of carbonyl (C=O) groups is 1. The molecule has 4 nitrogen and oxygen atoms in total. The second kappa shape index (κ2) is 6.35. The van der Waals surface area contributed by atoms with Crippen LogP contribution in [0, 0.1) is 0 Å². The van der Waals surface area contributed by atoms with Gasteiger partial charge in [-0.1, -0.05) is 6.92 Å². The van der Waals surface area contributed by atoms with E-state index >= 15 is 0 Å². The summed E-state index contributed by atoms with van der Waals surface area (Å²) in [5.74, 6) is 0.610. The molecule has 1 aromatic rings. The van der Waals surface area contributed by atoms with Crippen LogP contribution in [0.1, 0.15) is 37.3 Å². The Balaban J connectivity index is 2.53. The van der Waals surface area contributed by atoms with E-state index in [1.807, 2.05) is 17.7 Å². The van der Waals surface area contributed by atoms with Crippen LogP contribution in [0.25, 0.3) is 0 Å². The number of rotatable bonds is 7. The van der Waals surface area contributed by atoms with E-state index < -0.39 is 0 Å². The third-order valence-corrected chi connectivity index (χ3v) is 2.11. The summed E-state index contributed by atoms with van der Waals surface area (Å²) in [6.07, 6.45) is 4.93. The first-order valence-electron chi connectivity index (χ1n) is 5.41. The fourth-order valence-corrected chi connectivity index (χ4v) is 1.40. The highest BCUT2D eigenvalue weighted by Gasteiger charge is 2.11. The average Bonchev–Trinajstić information content (AvgIpc) is 2.67. The fourth-order valence-electron chi connectivity index (χ4n) is 1.40. The Morgan fingerprint density at radius 3 is 3.00 bits per heavy atom. The lowest BCUT2D eigenvalue weighted by Crippen LogP contribution is -2.12. The van der Waals surface area contributed by atoms with Crippen molar-refractivity contribution in [3.8, 4) is 0 Å². The van der Waals surface area contributed by atoms with E-state index in [2.05, 4.69) is 11.9 Å². The molecule has 0 saturated carbocycles. The van der Waals surface area contributed by atoms with Crippen molar-refractivity contribution in [3.63, 3.8) is 0 Å². The van der Waals surface area contributed by atoms with Crippen LogP contribution >= 0.6 is 0 Å². The van der Waals surface area contributed by atoms with Gasteiger partial charge in [-0.25, -0.2) is 4.98 Å². The van der Waals surface area contributed by atoms with Crippen LogP contribution in [0.5, 0.6) is 0 Å². The van der Waals surface area contributed by atoms with E-state index in [4.69, 9.17) is 4.74 Å². The van der Waals surface area contributed by atoms with Crippen molar-refractivity contribution >= 4 is 5.78 Å². The molecule has 1 rings (SSSR count). The summed E-state index contributed by atoms with van der Waals surface area (Å²) < 4.78 is 7.04. The molecule has 0 aliphatic rings. The van der Waals surface area contributed by atoms with Crippen LogP contribution in [0.4, 0.5) is 0 Å². The molecule has 0 unspecified atom stereocenters. The topological polar surface area (TPSA) is 44.1 Å². The highest BCUT2D eigenvalue weighted by molar-refractivity contribution is 5.92. The first-order chi connectivity index (χ1) is 7.29. The van der Waals surface area contributed by atoms with Crippen LogP contribution in [-0.4, -0.2) is 28.5 Å². The van der Waals surface area contributed by atoms with Gasteiger partial charge in [0.2, 0.25) is 5.78 Å². The van der Waals surface area contributed by atoms with Gasteiger partial charge in [-0.2, -0.15) is 0 Å². The zero-order valence-electron chi connectivity index (χ0n) is 9.40. The quantitative estimate of drug-likeness (QED) is 0.510. The highest BCUT2D eigenvalue weighted by Crippen LogP contribution is 2.03. The van der Waals surface area contributed by atoms with Gasteiger partial charge in [0, 0.05) is 32.0 Å². The molecular weight excluding hydrogens is 192 g/mol. The number of carbonyl (C=O) groups excluding carboxylic acids is 1. The first-order valence-corrected chi connectivity index (χ1v) is 5.41. The van der Waals surface area contributed by atoms with E-state index in [1.165, 1.54) is 0 Å². The monoisotopic (exact) mass is 210 g/mol. The molecule has 1 heterocycles. The normalized spacial score (nSPS) is 10.5. The van der Waals surface area contributed by atoms with Gasteiger partial charge in [-0.15, -0.1) is 0 Å². The summed E-state index contributed by atoms with van der Waals surface area (Å²) in [5.41, 5.74) is 0. The minimum absolute atomic E-state index is 0.0573. The number of hydrogen-bond acceptors (Lipinski definition) is 3. The lowest BCUT2D eigenvalue weighted by molar-refractivity contribution is 0.0882. The van der Waals surface area contributed by atoms with Gasteiger partial charge in [0.25, 0.3) is 0 Å². The Morgan fingerprint density at radius 2 is 2.33 bits per heavy atom. The maximum Gasteiger partial charge on any atom is 0.200 e. The minimum Gasteiger partial charge on any atom is -0.381 e. The van der Waals surface area contributed by atoms with E-state index in [0.717, 1.165) is 13.0 Å². The van der Waals surface area contributed by atoms with E-state index in [0.29, 0.717) is 25.5 Å². The molecule has 0 atom stereocenters. The molecule has 1 aromatic heterocycles. The van der Waals surface area contributed by atoms with Crippen LogP contribution in [0.3, 0.4) is 0 Å². The zero-order chi connectivity index (χ0) is 11.1. The number of hydrogen-bond donors (Lipinski definition) is 0. The van der Waals surface area contributed by atoms with Crippen LogP contribution < -0.4 is 0 Å². The third-order valence-electron chi connectivity index (χ3n) is 2.11.